The first-order valence-electron chi connectivity index (χ1n) is 6.76. The van der Waals surface area contributed by atoms with Crippen LogP contribution in [0.3, 0.4) is 0 Å². The molecule has 2 rings (SSSR count). The van der Waals surface area contributed by atoms with Crippen LogP contribution in [0, 0.1) is 10.1 Å². The van der Waals surface area contributed by atoms with E-state index in [-0.39, 0.29) is 17.3 Å². The second-order valence-corrected chi connectivity index (χ2v) is 5.64. The molecule has 1 aromatic carbocycles. The van der Waals surface area contributed by atoms with E-state index in [1.807, 2.05) is 6.07 Å². The van der Waals surface area contributed by atoms with Gasteiger partial charge in [0.05, 0.1) is 23.7 Å². The maximum atomic E-state index is 12.2. The zero-order chi connectivity index (χ0) is 16.1. The third kappa shape index (κ3) is 3.62. The number of ether oxygens (including phenoxy) is 1. The fraction of sp³-hybridized carbons (Fsp3) is 0.267. The zero-order valence-corrected chi connectivity index (χ0v) is 13.1. The molecule has 0 saturated carbocycles. The van der Waals surface area contributed by atoms with E-state index in [4.69, 9.17) is 4.74 Å². The van der Waals surface area contributed by atoms with Crippen LogP contribution in [0.25, 0.3) is 0 Å². The molecular weight excluding hydrogens is 304 g/mol. The van der Waals surface area contributed by atoms with Gasteiger partial charge in [0.2, 0.25) is 0 Å². The second kappa shape index (κ2) is 7.04. The number of nitrogens with zero attached hydrogens (tertiary/aromatic N) is 1. The summed E-state index contributed by atoms with van der Waals surface area (Å²) in [6, 6.07) is 6.14. The first kappa shape index (κ1) is 16.0. The minimum atomic E-state index is -0.547. The van der Waals surface area contributed by atoms with E-state index >= 15 is 0 Å². The van der Waals surface area contributed by atoms with E-state index in [0.717, 1.165) is 17.7 Å². The number of nitro benzene ring substituents is 1. The van der Waals surface area contributed by atoms with Gasteiger partial charge in [-0.1, -0.05) is 13.3 Å². The lowest BCUT2D eigenvalue weighted by atomic mass is 10.2. The number of nitrogens with one attached hydrogen (secondary N) is 1. The summed E-state index contributed by atoms with van der Waals surface area (Å²) in [5.74, 6) is 0.0114. The molecule has 0 spiro atoms. The quantitative estimate of drug-likeness (QED) is 0.647. The Bertz CT molecular complexity index is 697. The summed E-state index contributed by atoms with van der Waals surface area (Å²) >= 11 is 1.51. The maximum absolute atomic E-state index is 12.2. The monoisotopic (exact) mass is 320 g/mol. The molecule has 1 heterocycles. The third-order valence-corrected chi connectivity index (χ3v) is 4.06. The Morgan fingerprint density at radius 1 is 1.41 bits per heavy atom. The van der Waals surface area contributed by atoms with Crippen LogP contribution in [-0.2, 0) is 6.42 Å². The molecule has 0 bridgehead atoms. The highest BCUT2D eigenvalue weighted by Crippen LogP contribution is 2.29. The lowest BCUT2D eigenvalue weighted by Gasteiger charge is -2.06. The minimum Gasteiger partial charge on any atom is -0.496 e. The zero-order valence-electron chi connectivity index (χ0n) is 12.3. The summed E-state index contributed by atoms with van der Waals surface area (Å²) in [6.45, 7) is 2.07. The number of carbonyl (C=O) groups is 1. The number of amides is 1. The Morgan fingerprint density at radius 2 is 2.18 bits per heavy atom. The molecule has 116 valence electrons. The van der Waals surface area contributed by atoms with Crippen molar-refractivity contribution in [2.24, 2.45) is 0 Å². The molecule has 0 fully saturated rings. The number of hydrogen-bond donors (Lipinski definition) is 1. The second-order valence-electron chi connectivity index (χ2n) is 4.65. The molecule has 1 aromatic heterocycles. The molecule has 1 N–H and O–H groups in total. The Hall–Kier alpha value is -2.41. The molecule has 1 amide bonds. The molecule has 7 heteroatoms. The highest BCUT2D eigenvalue weighted by atomic mass is 32.1. The number of hydrogen-bond acceptors (Lipinski definition) is 5. The van der Waals surface area contributed by atoms with Crippen LogP contribution < -0.4 is 10.1 Å². The molecule has 22 heavy (non-hydrogen) atoms. The topological polar surface area (TPSA) is 81.5 Å². The first-order valence-corrected chi connectivity index (χ1v) is 7.64. The van der Waals surface area contributed by atoms with E-state index in [1.54, 1.807) is 11.4 Å². The number of carbonyl (C=O) groups excluding carboxylic acids is 1. The fourth-order valence-electron chi connectivity index (χ4n) is 1.97. The summed E-state index contributed by atoms with van der Waals surface area (Å²) in [4.78, 5) is 23.9. The van der Waals surface area contributed by atoms with Gasteiger partial charge in [-0.2, -0.15) is 0 Å². The molecule has 0 aliphatic carbocycles. The normalized spacial score (nSPS) is 10.3. The summed E-state index contributed by atoms with van der Waals surface area (Å²) in [5, 5.41) is 15.4. The number of methoxy groups -OCH3 is 1. The van der Waals surface area contributed by atoms with Crippen LogP contribution in [0.4, 0.5) is 11.4 Å². The molecule has 0 aliphatic rings. The van der Waals surface area contributed by atoms with E-state index in [0.29, 0.717) is 11.3 Å². The smallest absolute Gasteiger partial charge is 0.296 e. The number of aryl methyl sites for hydroxylation is 1. The van der Waals surface area contributed by atoms with Crippen molar-refractivity contribution in [2.45, 2.75) is 19.8 Å². The van der Waals surface area contributed by atoms with Gasteiger partial charge in [0.15, 0.2) is 0 Å². The minimum absolute atomic E-state index is 0.152. The van der Waals surface area contributed by atoms with Crippen LogP contribution in [-0.4, -0.2) is 17.9 Å². The number of anilines is 1. The van der Waals surface area contributed by atoms with E-state index in [9.17, 15) is 14.9 Å². The van der Waals surface area contributed by atoms with Crippen molar-refractivity contribution in [3.8, 4) is 5.75 Å². The van der Waals surface area contributed by atoms with Gasteiger partial charge in [-0.25, -0.2) is 0 Å². The summed E-state index contributed by atoms with van der Waals surface area (Å²) in [7, 11) is 1.43. The highest BCUT2D eigenvalue weighted by Gasteiger charge is 2.18. The summed E-state index contributed by atoms with van der Waals surface area (Å²) in [5.41, 5.74) is 0.467. The Balaban J connectivity index is 2.21. The SMILES string of the molecule is CCCc1cc(C(=O)Nc2ccc(OC)cc2[N+](=O)[O-])cs1. The van der Waals surface area contributed by atoms with Gasteiger partial charge in [-0.05, 0) is 24.6 Å². The van der Waals surface area contributed by atoms with Crippen molar-refractivity contribution in [1.29, 1.82) is 0 Å². The summed E-state index contributed by atoms with van der Waals surface area (Å²) < 4.78 is 4.96. The number of rotatable bonds is 6. The predicted molar refractivity (Wildman–Crippen MR) is 85.9 cm³/mol. The number of thiophene rings is 1. The number of nitro groups is 1. The third-order valence-electron chi connectivity index (χ3n) is 3.06. The Labute approximate surface area is 131 Å². The maximum Gasteiger partial charge on any atom is 0.296 e. The van der Waals surface area contributed by atoms with Crippen molar-refractivity contribution >= 4 is 28.6 Å². The number of benzene rings is 1. The Kier molecular flexibility index (Phi) is 5.11. The van der Waals surface area contributed by atoms with Crippen LogP contribution in [0.5, 0.6) is 5.75 Å². The molecule has 0 atom stereocenters. The lowest BCUT2D eigenvalue weighted by Crippen LogP contribution is -2.12. The van der Waals surface area contributed by atoms with Gasteiger partial charge in [-0.3, -0.25) is 14.9 Å². The van der Waals surface area contributed by atoms with Crippen LogP contribution >= 0.6 is 11.3 Å². The van der Waals surface area contributed by atoms with E-state index < -0.39 is 4.92 Å². The molecule has 0 radical (unpaired) electrons. The average molecular weight is 320 g/mol. The van der Waals surface area contributed by atoms with Crippen molar-refractivity contribution in [1.82, 2.24) is 0 Å². The van der Waals surface area contributed by atoms with E-state index in [1.165, 1.54) is 30.6 Å². The molecular formula is C15H16N2O4S. The van der Waals surface area contributed by atoms with Crippen molar-refractivity contribution in [2.75, 3.05) is 12.4 Å². The standard InChI is InChI=1S/C15H16N2O4S/c1-3-4-12-7-10(9-22-12)15(18)16-13-6-5-11(21-2)8-14(13)17(19)20/h5-9H,3-4H2,1-2H3,(H,16,18). The van der Waals surface area contributed by atoms with E-state index in [2.05, 4.69) is 12.2 Å². The van der Waals surface area contributed by atoms with Crippen molar-refractivity contribution < 1.29 is 14.5 Å². The van der Waals surface area contributed by atoms with Gasteiger partial charge in [0, 0.05) is 10.3 Å². The van der Waals surface area contributed by atoms with Gasteiger partial charge in [0.1, 0.15) is 11.4 Å². The van der Waals surface area contributed by atoms with Gasteiger partial charge in [0.25, 0.3) is 11.6 Å². The Morgan fingerprint density at radius 3 is 2.82 bits per heavy atom. The lowest BCUT2D eigenvalue weighted by molar-refractivity contribution is -0.384. The van der Waals surface area contributed by atoms with Crippen molar-refractivity contribution in [3.63, 3.8) is 0 Å². The fourth-order valence-corrected chi connectivity index (χ4v) is 2.94. The van der Waals surface area contributed by atoms with Gasteiger partial charge in [-0.15, -0.1) is 11.3 Å². The predicted octanol–water partition coefficient (Wildman–Crippen LogP) is 3.87. The molecule has 0 aliphatic heterocycles. The summed E-state index contributed by atoms with van der Waals surface area (Å²) in [6.07, 6.45) is 1.92. The first-order chi connectivity index (χ1) is 10.5. The molecule has 6 nitrogen and oxygen atoms in total. The largest absolute Gasteiger partial charge is 0.496 e. The van der Waals surface area contributed by atoms with Crippen LogP contribution in [0.1, 0.15) is 28.6 Å². The van der Waals surface area contributed by atoms with Gasteiger partial charge >= 0.3 is 0 Å². The molecule has 0 saturated heterocycles. The van der Waals surface area contributed by atoms with Crippen LogP contribution in [0.15, 0.2) is 29.6 Å². The molecule has 2 aromatic rings. The van der Waals surface area contributed by atoms with Gasteiger partial charge < -0.3 is 10.1 Å². The molecule has 0 unspecified atom stereocenters. The average Bonchev–Trinajstić information content (AvgIpc) is 2.96. The highest BCUT2D eigenvalue weighted by molar-refractivity contribution is 7.10. The van der Waals surface area contributed by atoms with Crippen LogP contribution in [0.2, 0.25) is 0 Å². The van der Waals surface area contributed by atoms with Crippen molar-refractivity contribution in [3.05, 3.63) is 50.2 Å².